The minimum atomic E-state index is 0.132. The highest BCUT2D eigenvalue weighted by molar-refractivity contribution is 5.76. The second-order valence-corrected chi connectivity index (χ2v) is 8.52. The van der Waals surface area contributed by atoms with Crippen molar-refractivity contribution in [1.82, 2.24) is 25.0 Å². The Kier molecular flexibility index (Phi) is 7.27. The average Bonchev–Trinajstić information content (AvgIpc) is 3.31. The third-order valence-electron chi connectivity index (χ3n) is 6.23. The molecular weight excluding hydrogens is 402 g/mol. The fourth-order valence-electron chi connectivity index (χ4n) is 4.11. The number of aryl methyl sites for hydroxylation is 2. The van der Waals surface area contributed by atoms with Gasteiger partial charge in [-0.25, -0.2) is 0 Å². The molecule has 7 nitrogen and oxygen atoms in total. The Hall–Kier alpha value is -3.06. The van der Waals surface area contributed by atoms with Crippen LogP contribution in [0.4, 0.5) is 0 Å². The Morgan fingerprint density at radius 3 is 2.59 bits per heavy atom. The minimum Gasteiger partial charge on any atom is -0.421 e. The second-order valence-electron chi connectivity index (χ2n) is 8.52. The molecule has 168 valence electrons. The van der Waals surface area contributed by atoms with Crippen LogP contribution in [0, 0.1) is 6.92 Å². The van der Waals surface area contributed by atoms with Gasteiger partial charge in [-0.3, -0.25) is 9.78 Å². The van der Waals surface area contributed by atoms with Crippen molar-refractivity contribution >= 4 is 5.91 Å². The number of hydrogen-bond donors (Lipinski definition) is 0. The van der Waals surface area contributed by atoms with E-state index in [0.717, 1.165) is 50.2 Å². The largest absolute Gasteiger partial charge is 0.421 e. The molecule has 3 aromatic rings. The van der Waals surface area contributed by atoms with Crippen LogP contribution in [0.15, 0.2) is 53.1 Å². The highest BCUT2D eigenvalue weighted by atomic mass is 16.4. The zero-order valence-electron chi connectivity index (χ0n) is 18.9. The predicted molar refractivity (Wildman–Crippen MR) is 123 cm³/mol. The lowest BCUT2D eigenvalue weighted by molar-refractivity contribution is -0.132. The molecular formula is C25H31N5O2. The number of likely N-dealkylation sites (tertiary alicyclic amines) is 1. The molecule has 32 heavy (non-hydrogen) atoms. The van der Waals surface area contributed by atoms with Gasteiger partial charge in [-0.1, -0.05) is 23.8 Å². The van der Waals surface area contributed by atoms with Gasteiger partial charge in [-0.2, -0.15) is 0 Å². The highest BCUT2D eigenvalue weighted by Gasteiger charge is 2.25. The molecule has 0 unspecified atom stereocenters. The fraction of sp³-hybridized carbons (Fsp3) is 0.440. The zero-order chi connectivity index (χ0) is 22.3. The Bertz CT molecular complexity index is 995. The summed E-state index contributed by atoms with van der Waals surface area (Å²) in [5, 5.41) is 8.24. The first-order chi connectivity index (χ1) is 15.6. The number of pyridine rings is 1. The molecule has 1 aromatic carbocycles. The Morgan fingerprint density at radius 1 is 1.09 bits per heavy atom. The number of benzene rings is 1. The number of nitrogens with zero attached hydrogens (tertiary/aromatic N) is 5. The van der Waals surface area contributed by atoms with Gasteiger partial charge in [-0.15, -0.1) is 10.2 Å². The Balaban J connectivity index is 1.20. The van der Waals surface area contributed by atoms with Crippen LogP contribution in [0.5, 0.6) is 0 Å². The van der Waals surface area contributed by atoms with Crippen molar-refractivity contribution in [2.24, 2.45) is 0 Å². The van der Waals surface area contributed by atoms with E-state index in [9.17, 15) is 4.79 Å². The molecule has 1 fully saturated rings. The van der Waals surface area contributed by atoms with Crippen molar-refractivity contribution in [3.63, 3.8) is 0 Å². The van der Waals surface area contributed by atoms with Crippen molar-refractivity contribution < 1.29 is 9.21 Å². The van der Waals surface area contributed by atoms with Gasteiger partial charge in [0.15, 0.2) is 0 Å². The van der Waals surface area contributed by atoms with E-state index in [1.54, 1.807) is 0 Å². The van der Waals surface area contributed by atoms with Crippen molar-refractivity contribution in [2.75, 3.05) is 26.7 Å². The van der Waals surface area contributed by atoms with Crippen LogP contribution in [0.25, 0.3) is 11.5 Å². The number of carbonyl (C=O) groups excluding carboxylic acids is 1. The monoisotopic (exact) mass is 433 g/mol. The summed E-state index contributed by atoms with van der Waals surface area (Å²) in [5.41, 5.74) is 3.21. The van der Waals surface area contributed by atoms with E-state index in [1.165, 1.54) is 5.56 Å². The molecule has 1 amide bonds. The molecule has 3 heterocycles. The quantitative estimate of drug-likeness (QED) is 0.541. The molecule has 0 spiro atoms. The van der Waals surface area contributed by atoms with Gasteiger partial charge < -0.3 is 14.2 Å². The maximum absolute atomic E-state index is 12.7. The molecule has 2 aromatic heterocycles. The SMILES string of the molecule is Cc1ccc(-c2nnc(CCC(=O)N(C)C3CCN(CCc4ccccn4)CC3)o2)cc1. The van der Waals surface area contributed by atoms with Crippen LogP contribution in [0.2, 0.25) is 0 Å². The third kappa shape index (κ3) is 5.79. The molecule has 1 saturated heterocycles. The van der Waals surface area contributed by atoms with Gasteiger partial charge in [0.05, 0.1) is 0 Å². The maximum atomic E-state index is 12.7. The van der Waals surface area contributed by atoms with Crippen molar-refractivity contribution in [3.05, 3.63) is 65.8 Å². The molecule has 1 aliphatic rings. The summed E-state index contributed by atoms with van der Waals surface area (Å²) in [6.07, 6.45) is 5.66. The number of rotatable bonds is 8. The lowest BCUT2D eigenvalue weighted by Crippen LogP contribution is -2.46. The molecule has 1 aliphatic heterocycles. The van der Waals surface area contributed by atoms with Crippen LogP contribution < -0.4 is 0 Å². The van der Waals surface area contributed by atoms with E-state index in [-0.39, 0.29) is 5.91 Å². The minimum absolute atomic E-state index is 0.132. The summed E-state index contributed by atoms with van der Waals surface area (Å²) in [6, 6.07) is 14.3. The lowest BCUT2D eigenvalue weighted by Gasteiger charge is -2.36. The molecule has 0 atom stereocenters. The Labute approximate surface area is 189 Å². The fourth-order valence-corrected chi connectivity index (χ4v) is 4.11. The summed E-state index contributed by atoms with van der Waals surface area (Å²) in [5.74, 6) is 1.14. The first kappa shape index (κ1) is 22.1. The van der Waals surface area contributed by atoms with E-state index < -0.39 is 0 Å². The molecule has 0 aliphatic carbocycles. The van der Waals surface area contributed by atoms with Crippen molar-refractivity contribution in [3.8, 4) is 11.5 Å². The normalized spacial score (nSPS) is 15.1. The van der Waals surface area contributed by atoms with Crippen LogP contribution in [-0.2, 0) is 17.6 Å². The molecule has 0 N–H and O–H groups in total. The maximum Gasteiger partial charge on any atom is 0.247 e. The standard InChI is InChI=1S/C25H31N5O2/c1-19-6-8-20(9-7-19)25-28-27-23(32-25)10-11-24(31)29(2)22-13-17-30(18-14-22)16-12-21-5-3-4-15-26-21/h3-9,15,22H,10-14,16-18H2,1-2H3. The molecule has 4 rings (SSSR count). The number of amides is 1. The average molecular weight is 434 g/mol. The molecule has 0 saturated carbocycles. The number of carbonyl (C=O) groups is 1. The smallest absolute Gasteiger partial charge is 0.247 e. The van der Waals surface area contributed by atoms with E-state index in [4.69, 9.17) is 4.42 Å². The van der Waals surface area contributed by atoms with Gasteiger partial charge in [0.1, 0.15) is 0 Å². The van der Waals surface area contributed by atoms with Gasteiger partial charge in [0, 0.05) is 69.4 Å². The lowest BCUT2D eigenvalue weighted by atomic mass is 10.0. The summed E-state index contributed by atoms with van der Waals surface area (Å²) in [6.45, 7) is 5.08. The molecule has 7 heteroatoms. The topological polar surface area (TPSA) is 75.4 Å². The summed E-state index contributed by atoms with van der Waals surface area (Å²) < 4.78 is 5.76. The summed E-state index contributed by atoms with van der Waals surface area (Å²) >= 11 is 0. The van der Waals surface area contributed by atoms with Crippen molar-refractivity contribution in [2.45, 2.75) is 45.1 Å². The number of aromatic nitrogens is 3. The van der Waals surface area contributed by atoms with Crippen LogP contribution >= 0.6 is 0 Å². The third-order valence-corrected chi connectivity index (χ3v) is 6.23. The van der Waals surface area contributed by atoms with Crippen molar-refractivity contribution in [1.29, 1.82) is 0 Å². The zero-order valence-corrected chi connectivity index (χ0v) is 18.9. The molecule has 0 bridgehead atoms. The van der Waals surface area contributed by atoms with Crippen LogP contribution in [-0.4, -0.2) is 63.6 Å². The predicted octanol–water partition coefficient (Wildman–Crippen LogP) is 3.54. The van der Waals surface area contributed by atoms with Crippen LogP contribution in [0.1, 0.15) is 36.4 Å². The van der Waals surface area contributed by atoms with Gasteiger partial charge in [-0.05, 0) is 44.0 Å². The van der Waals surface area contributed by atoms with Gasteiger partial charge >= 0.3 is 0 Å². The first-order valence-electron chi connectivity index (χ1n) is 11.4. The van der Waals surface area contributed by atoms with E-state index >= 15 is 0 Å². The van der Waals surface area contributed by atoms with Crippen LogP contribution in [0.3, 0.4) is 0 Å². The summed E-state index contributed by atoms with van der Waals surface area (Å²) in [4.78, 5) is 21.5. The van der Waals surface area contributed by atoms with E-state index in [2.05, 4.69) is 26.1 Å². The first-order valence-corrected chi connectivity index (χ1v) is 11.4. The van der Waals surface area contributed by atoms with Gasteiger partial charge in [0.25, 0.3) is 0 Å². The Morgan fingerprint density at radius 2 is 1.88 bits per heavy atom. The number of hydrogen-bond acceptors (Lipinski definition) is 6. The second kappa shape index (κ2) is 10.5. The summed E-state index contributed by atoms with van der Waals surface area (Å²) in [7, 11) is 1.92. The highest BCUT2D eigenvalue weighted by Crippen LogP contribution is 2.20. The van der Waals surface area contributed by atoms with Gasteiger partial charge in [0.2, 0.25) is 17.7 Å². The van der Waals surface area contributed by atoms with E-state index in [0.29, 0.717) is 30.7 Å². The molecule has 0 radical (unpaired) electrons. The van der Waals surface area contributed by atoms with E-state index in [1.807, 2.05) is 61.5 Å². The number of piperidine rings is 1.